The fourth-order valence-electron chi connectivity index (χ4n) is 3.50. The molecule has 0 saturated carbocycles. The molecule has 0 aliphatic carbocycles. The maximum Gasteiger partial charge on any atom is 0.252 e. The second-order valence-electron chi connectivity index (χ2n) is 7.99. The molecule has 3 rings (SSSR count). The number of nitrogens with zero attached hydrogens (tertiary/aromatic N) is 2. The Balaban J connectivity index is 1.78. The van der Waals surface area contributed by atoms with Crippen LogP contribution in [0.1, 0.15) is 27.5 Å². The molecule has 0 aliphatic rings. The molecule has 1 N–H and O–H groups in total. The minimum absolute atomic E-state index is 0.0164. The molecule has 6 nitrogen and oxygen atoms in total. The normalized spacial score (nSPS) is 12.7. The Bertz CT molecular complexity index is 1190. The monoisotopic (exact) mass is 485 g/mol. The molecule has 0 heterocycles. The van der Waals surface area contributed by atoms with Crippen molar-refractivity contribution in [1.29, 1.82) is 0 Å². The predicted molar refractivity (Wildman–Crippen MR) is 132 cm³/mol. The zero-order valence-corrected chi connectivity index (χ0v) is 20.5. The third kappa shape index (κ3) is 6.21. The molecule has 1 amide bonds. The van der Waals surface area contributed by atoms with Crippen LogP contribution < -0.4 is 5.32 Å². The Morgan fingerprint density at radius 3 is 2.15 bits per heavy atom. The van der Waals surface area contributed by atoms with Crippen LogP contribution >= 0.6 is 11.6 Å². The highest BCUT2D eigenvalue weighted by Gasteiger charge is 2.24. The van der Waals surface area contributed by atoms with E-state index in [-0.39, 0.29) is 28.1 Å². The summed E-state index contributed by atoms with van der Waals surface area (Å²) in [6.07, 6.45) is 0. The number of nitrogens with one attached hydrogen (secondary N) is 1. The Morgan fingerprint density at radius 2 is 1.55 bits per heavy atom. The SMILES string of the molecule is CN(C)[C@@H](CNC(=O)c1cc(S(=O)(=O)N(C)Cc2ccccc2)ccc1Cl)c1ccccc1. The lowest BCUT2D eigenvalue weighted by molar-refractivity contribution is 0.0942. The Labute approximate surface area is 200 Å². The molecule has 174 valence electrons. The zero-order chi connectivity index (χ0) is 24.0. The van der Waals surface area contributed by atoms with Crippen LogP contribution in [0, 0.1) is 0 Å². The number of hydrogen-bond acceptors (Lipinski definition) is 4. The number of carbonyl (C=O) groups excluding carboxylic acids is 1. The van der Waals surface area contributed by atoms with Gasteiger partial charge in [0.15, 0.2) is 0 Å². The number of amides is 1. The van der Waals surface area contributed by atoms with Gasteiger partial charge in [-0.05, 0) is 43.4 Å². The van der Waals surface area contributed by atoms with Crippen molar-refractivity contribution in [3.63, 3.8) is 0 Å². The summed E-state index contributed by atoms with van der Waals surface area (Å²) in [5.74, 6) is -0.425. The Kier molecular flexibility index (Phi) is 8.26. The summed E-state index contributed by atoms with van der Waals surface area (Å²) in [6, 6.07) is 23.3. The quantitative estimate of drug-likeness (QED) is 0.493. The maximum absolute atomic E-state index is 13.1. The third-order valence-electron chi connectivity index (χ3n) is 5.40. The summed E-state index contributed by atoms with van der Waals surface area (Å²) in [5, 5.41) is 3.09. The van der Waals surface area contributed by atoms with Crippen LogP contribution in [0.15, 0.2) is 83.8 Å². The van der Waals surface area contributed by atoms with Gasteiger partial charge in [0.05, 0.1) is 21.5 Å². The molecule has 0 bridgehead atoms. The fourth-order valence-corrected chi connectivity index (χ4v) is 4.89. The maximum atomic E-state index is 13.1. The molecule has 0 aliphatic heterocycles. The highest BCUT2D eigenvalue weighted by Crippen LogP contribution is 2.24. The minimum atomic E-state index is -3.81. The first kappa shape index (κ1) is 24.9. The summed E-state index contributed by atoms with van der Waals surface area (Å²) in [5.41, 5.74) is 2.05. The molecule has 0 aromatic heterocycles. The lowest BCUT2D eigenvalue weighted by Crippen LogP contribution is -2.34. The standard InChI is InChI=1S/C25H28ClN3O3S/c1-28(2)24(20-12-8-5-9-13-20)17-27-25(30)22-16-21(14-15-23(22)26)33(31,32)29(3)18-19-10-6-4-7-11-19/h4-16,24H,17-18H2,1-3H3,(H,27,30)/t24-/m0/s1. The summed E-state index contributed by atoms with van der Waals surface area (Å²) in [4.78, 5) is 15.0. The number of halogens is 1. The molecule has 3 aromatic rings. The summed E-state index contributed by atoms with van der Waals surface area (Å²) in [7, 11) is 1.58. The molecule has 0 fully saturated rings. The van der Waals surface area contributed by atoms with E-state index in [2.05, 4.69) is 5.32 Å². The second kappa shape index (κ2) is 10.9. The van der Waals surface area contributed by atoms with Gasteiger partial charge in [-0.2, -0.15) is 4.31 Å². The lowest BCUT2D eigenvalue weighted by Gasteiger charge is -2.25. The average molecular weight is 486 g/mol. The lowest BCUT2D eigenvalue weighted by atomic mass is 10.1. The average Bonchev–Trinajstić information content (AvgIpc) is 2.80. The van der Waals surface area contributed by atoms with Gasteiger partial charge in [0.2, 0.25) is 10.0 Å². The Morgan fingerprint density at radius 1 is 0.939 bits per heavy atom. The van der Waals surface area contributed by atoms with Gasteiger partial charge >= 0.3 is 0 Å². The van der Waals surface area contributed by atoms with Crippen molar-refractivity contribution >= 4 is 27.5 Å². The van der Waals surface area contributed by atoms with E-state index in [1.54, 1.807) is 0 Å². The molecular formula is C25H28ClN3O3S. The summed E-state index contributed by atoms with van der Waals surface area (Å²) in [6.45, 7) is 0.561. The molecule has 3 aromatic carbocycles. The molecular weight excluding hydrogens is 458 g/mol. The molecule has 33 heavy (non-hydrogen) atoms. The minimum Gasteiger partial charge on any atom is -0.350 e. The van der Waals surface area contributed by atoms with Crippen LogP contribution in [0.5, 0.6) is 0 Å². The number of likely N-dealkylation sites (N-methyl/N-ethyl adjacent to an activating group) is 1. The van der Waals surface area contributed by atoms with Crippen LogP contribution in [0.4, 0.5) is 0 Å². The number of rotatable bonds is 9. The van der Waals surface area contributed by atoms with Gasteiger partial charge in [-0.15, -0.1) is 0 Å². The van der Waals surface area contributed by atoms with Gasteiger partial charge in [0.1, 0.15) is 0 Å². The van der Waals surface area contributed by atoms with Crippen molar-refractivity contribution < 1.29 is 13.2 Å². The van der Waals surface area contributed by atoms with Crippen LogP contribution in [-0.4, -0.2) is 51.2 Å². The first-order valence-electron chi connectivity index (χ1n) is 10.5. The fraction of sp³-hybridized carbons (Fsp3) is 0.240. The predicted octanol–water partition coefficient (Wildman–Crippen LogP) is 4.19. The van der Waals surface area contributed by atoms with Crippen molar-refractivity contribution in [2.24, 2.45) is 0 Å². The Hall–Kier alpha value is -2.71. The van der Waals surface area contributed by atoms with Crippen LogP contribution in [0.25, 0.3) is 0 Å². The van der Waals surface area contributed by atoms with Gasteiger partial charge < -0.3 is 10.2 Å². The molecule has 8 heteroatoms. The van der Waals surface area contributed by atoms with Gasteiger partial charge in [-0.1, -0.05) is 72.3 Å². The zero-order valence-electron chi connectivity index (χ0n) is 18.9. The van der Waals surface area contributed by atoms with Crippen molar-refractivity contribution in [3.05, 3.63) is 101 Å². The van der Waals surface area contributed by atoms with Gasteiger partial charge in [-0.25, -0.2) is 8.42 Å². The van der Waals surface area contributed by atoms with Crippen LogP contribution in [-0.2, 0) is 16.6 Å². The van der Waals surface area contributed by atoms with E-state index >= 15 is 0 Å². The van der Waals surface area contributed by atoms with Gasteiger partial charge in [-0.3, -0.25) is 4.79 Å². The molecule has 0 unspecified atom stereocenters. The first-order valence-corrected chi connectivity index (χ1v) is 12.3. The van der Waals surface area contributed by atoms with E-state index in [1.807, 2.05) is 79.7 Å². The first-order chi connectivity index (χ1) is 15.7. The van der Waals surface area contributed by atoms with E-state index in [4.69, 9.17) is 11.6 Å². The molecule has 0 spiro atoms. The van der Waals surface area contributed by atoms with Crippen molar-refractivity contribution in [3.8, 4) is 0 Å². The van der Waals surface area contributed by atoms with Crippen LogP contribution in [0.2, 0.25) is 5.02 Å². The van der Waals surface area contributed by atoms with Crippen LogP contribution in [0.3, 0.4) is 0 Å². The smallest absolute Gasteiger partial charge is 0.252 e. The summed E-state index contributed by atoms with van der Waals surface area (Å²) >= 11 is 6.27. The number of sulfonamides is 1. The molecule has 0 radical (unpaired) electrons. The molecule has 1 atom stereocenters. The van der Waals surface area contributed by atoms with E-state index < -0.39 is 15.9 Å². The largest absolute Gasteiger partial charge is 0.350 e. The van der Waals surface area contributed by atoms with Gasteiger partial charge in [0.25, 0.3) is 5.91 Å². The van der Waals surface area contributed by atoms with E-state index in [1.165, 1.54) is 29.6 Å². The van der Waals surface area contributed by atoms with Crippen molar-refractivity contribution in [1.82, 2.24) is 14.5 Å². The number of benzene rings is 3. The number of hydrogen-bond donors (Lipinski definition) is 1. The van der Waals surface area contributed by atoms with E-state index in [0.717, 1.165) is 11.1 Å². The number of carbonyl (C=O) groups is 1. The summed E-state index contributed by atoms with van der Waals surface area (Å²) < 4.78 is 27.5. The van der Waals surface area contributed by atoms with E-state index in [9.17, 15) is 13.2 Å². The third-order valence-corrected chi connectivity index (χ3v) is 7.53. The highest BCUT2D eigenvalue weighted by molar-refractivity contribution is 7.89. The van der Waals surface area contributed by atoms with Crippen molar-refractivity contribution in [2.45, 2.75) is 17.5 Å². The highest BCUT2D eigenvalue weighted by atomic mass is 35.5. The topological polar surface area (TPSA) is 69.7 Å². The van der Waals surface area contributed by atoms with E-state index in [0.29, 0.717) is 6.54 Å². The second-order valence-corrected chi connectivity index (χ2v) is 10.4. The van der Waals surface area contributed by atoms with Crippen molar-refractivity contribution in [2.75, 3.05) is 27.7 Å². The molecule has 0 saturated heterocycles. The van der Waals surface area contributed by atoms with Gasteiger partial charge in [0, 0.05) is 20.1 Å².